The molecular weight excluding hydrogens is 230 g/mol. The van der Waals surface area contributed by atoms with Gasteiger partial charge in [0.15, 0.2) is 0 Å². The molecule has 4 heteroatoms. The van der Waals surface area contributed by atoms with Gasteiger partial charge in [0.05, 0.1) is 5.56 Å². The van der Waals surface area contributed by atoms with Gasteiger partial charge in [-0.05, 0) is 22.9 Å². The molecule has 0 N–H and O–H groups in total. The minimum absolute atomic E-state index is 0.227. The Hall–Kier alpha value is -2.67. The highest BCUT2D eigenvalue weighted by atomic mass is 16.5. The standard InChI is InChI=1S/C14H7NO3/c15-7-12-13(16)10-5-8-3-1-2-4-9(8)6-11(10)14(17)18-12/h1-6,12H. The number of esters is 1. The third kappa shape index (κ3) is 1.38. The number of cyclic esters (lactones) is 1. The number of ether oxygens (including phenoxy) is 1. The Bertz CT molecular complexity index is 727. The number of benzene rings is 2. The number of hydrogen-bond acceptors (Lipinski definition) is 4. The summed E-state index contributed by atoms with van der Waals surface area (Å²) in [7, 11) is 0. The minimum atomic E-state index is -1.33. The maximum absolute atomic E-state index is 11.9. The normalized spacial score (nSPS) is 18.1. The van der Waals surface area contributed by atoms with Crippen LogP contribution >= 0.6 is 0 Å². The maximum Gasteiger partial charge on any atom is 0.340 e. The Labute approximate surface area is 102 Å². The van der Waals surface area contributed by atoms with Crippen LogP contribution in [-0.4, -0.2) is 17.9 Å². The number of Topliss-reactive ketones (excluding diaryl/α,β-unsaturated/α-hetero) is 1. The highest BCUT2D eigenvalue weighted by Gasteiger charge is 2.34. The van der Waals surface area contributed by atoms with Gasteiger partial charge in [-0.3, -0.25) is 4.79 Å². The average Bonchev–Trinajstić information content (AvgIpc) is 2.41. The SMILES string of the molecule is N#CC1OC(=O)c2cc3ccccc3cc2C1=O. The second-order valence-electron chi connectivity index (χ2n) is 4.02. The Kier molecular flexibility index (Phi) is 2.14. The molecule has 4 nitrogen and oxygen atoms in total. The fraction of sp³-hybridized carbons (Fsp3) is 0.0714. The van der Waals surface area contributed by atoms with Crippen LogP contribution in [0.3, 0.4) is 0 Å². The van der Waals surface area contributed by atoms with Crippen molar-refractivity contribution in [3.63, 3.8) is 0 Å². The maximum atomic E-state index is 11.9. The number of ketones is 1. The molecule has 18 heavy (non-hydrogen) atoms. The second-order valence-corrected chi connectivity index (χ2v) is 4.02. The largest absolute Gasteiger partial charge is 0.435 e. The van der Waals surface area contributed by atoms with Crippen molar-refractivity contribution in [3.05, 3.63) is 47.5 Å². The van der Waals surface area contributed by atoms with Gasteiger partial charge in [0.25, 0.3) is 0 Å². The molecular formula is C14H7NO3. The van der Waals surface area contributed by atoms with Crippen molar-refractivity contribution in [3.8, 4) is 6.07 Å². The number of nitrogens with zero attached hydrogens (tertiary/aromatic N) is 1. The lowest BCUT2D eigenvalue weighted by atomic mass is 9.94. The van der Waals surface area contributed by atoms with Crippen LogP contribution in [0, 0.1) is 11.3 Å². The van der Waals surface area contributed by atoms with Crippen LogP contribution in [0.5, 0.6) is 0 Å². The first-order chi connectivity index (χ1) is 8.70. The highest BCUT2D eigenvalue weighted by molar-refractivity contribution is 6.15. The van der Waals surface area contributed by atoms with E-state index in [1.807, 2.05) is 24.3 Å². The molecule has 3 rings (SSSR count). The summed E-state index contributed by atoms with van der Waals surface area (Å²) in [5.41, 5.74) is 0.488. The average molecular weight is 237 g/mol. The molecule has 1 aliphatic rings. The summed E-state index contributed by atoms with van der Waals surface area (Å²) in [4.78, 5) is 23.7. The molecule has 0 bridgehead atoms. The van der Waals surface area contributed by atoms with Gasteiger partial charge in [0, 0.05) is 5.56 Å². The Balaban J connectivity index is 2.30. The monoisotopic (exact) mass is 237 g/mol. The summed E-state index contributed by atoms with van der Waals surface area (Å²) in [5.74, 6) is -1.08. The van der Waals surface area contributed by atoms with Crippen molar-refractivity contribution < 1.29 is 14.3 Å². The van der Waals surface area contributed by atoms with E-state index >= 15 is 0 Å². The molecule has 1 heterocycles. The first-order valence-electron chi connectivity index (χ1n) is 5.38. The van der Waals surface area contributed by atoms with Crippen LogP contribution in [0.15, 0.2) is 36.4 Å². The summed E-state index contributed by atoms with van der Waals surface area (Å²) < 4.78 is 4.77. The molecule has 0 saturated carbocycles. The quantitative estimate of drug-likeness (QED) is 0.658. The lowest BCUT2D eigenvalue weighted by Gasteiger charge is -2.19. The lowest BCUT2D eigenvalue weighted by Crippen LogP contribution is -2.32. The van der Waals surface area contributed by atoms with E-state index in [0.717, 1.165) is 10.8 Å². The van der Waals surface area contributed by atoms with E-state index in [2.05, 4.69) is 0 Å². The molecule has 2 aromatic rings. The molecule has 0 aliphatic carbocycles. The second kappa shape index (κ2) is 3.67. The van der Waals surface area contributed by atoms with Crippen molar-refractivity contribution in [1.29, 1.82) is 5.26 Å². The molecule has 0 aromatic heterocycles. The molecule has 86 valence electrons. The van der Waals surface area contributed by atoms with Crippen LogP contribution in [0.25, 0.3) is 10.8 Å². The van der Waals surface area contributed by atoms with Gasteiger partial charge >= 0.3 is 5.97 Å². The molecule has 1 unspecified atom stereocenters. The predicted molar refractivity (Wildman–Crippen MR) is 63.1 cm³/mol. The number of carbonyl (C=O) groups is 2. The van der Waals surface area contributed by atoms with E-state index in [4.69, 9.17) is 10.00 Å². The van der Waals surface area contributed by atoms with Crippen molar-refractivity contribution in [2.24, 2.45) is 0 Å². The fourth-order valence-electron chi connectivity index (χ4n) is 2.06. The van der Waals surface area contributed by atoms with Crippen LogP contribution in [0.4, 0.5) is 0 Å². The van der Waals surface area contributed by atoms with E-state index in [0.29, 0.717) is 0 Å². The molecule has 1 aliphatic heterocycles. The van der Waals surface area contributed by atoms with E-state index < -0.39 is 17.9 Å². The number of rotatable bonds is 0. The van der Waals surface area contributed by atoms with Gasteiger partial charge in [-0.25, -0.2) is 4.79 Å². The van der Waals surface area contributed by atoms with Crippen molar-refractivity contribution in [2.75, 3.05) is 0 Å². The van der Waals surface area contributed by atoms with Crippen LogP contribution < -0.4 is 0 Å². The molecule has 0 amide bonds. The van der Waals surface area contributed by atoms with E-state index in [-0.39, 0.29) is 11.1 Å². The summed E-state index contributed by atoms with van der Waals surface area (Å²) in [6.45, 7) is 0. The molecule has 0 fully saturated rings. The van der Waals surface area contributed by atoms with Crippen LogP contribution in [-0.2, 0) is 4.74 Å². The van der Waals surface area contributed by atoms with E-state index in [1.54, 1.807) is 18.2 Å². The topological polar surface area (TPSA) is 67.2 Å². The lowest BCUT2D eigenvalue weighted by molar-refractivity contribution is 0.0342. The number of carbonyl (C=O) groups excluding carboxylic acids is 2. The number of hydrogen-bond donors (Lipinski definition) is 0. The Morgan fingerprint density at radius 3 is 2.28 bits per heavy atom. The number of nitriles is 1. The first-order valence-corrected chi connectivity index (χ1v) is 5.38. The molecule has 2 aromatic carbocycles. The zero-order valence-electron chi connectivity index (χ0n) is 9.21. The molecule has 0 saturated heterocycles. The van der Waals surface area contributed by atoms with Crippen molar-refractivity contribution in [1.82, 2.24) is 0 Å². The summed E-state index contributed by atoms with van der Waals surface area (Å²) in [5, 5.41) is 10.5. The predicted octanol–water partition coefficient (Wildman–Crippen LogP) is 2.09. The van der Waals surface area contributed by atoms with Gasteiger partial charge in [-0.2, -0.15) is 5.26 Å². The van der Waals surface area contributed by atoms with Gasteiger partial charge in [0.1, 0.15) is 6.07 Å². The van der Waals surface area contributed by atoms with Gasteiger partial charge in [-0.1, -0.05) is 24.3 Å². The van der Waals surface area contributed by atoms with Crippen molar-refractivity contribution >= 4 is 22.5 Å². The first kappa shape index (κ1) is 10.5. The van der Waals surface area contributed by atoms with Crippen LogP contribution in [0.1, 0.15) is 20.7 Å². The summed E-state index contributed by atoms with van der Waals surface area (Å²) >= 11 is 0. The zero-order valence-corrected chi connectivity index (χ0v) is 9.21. The zero-order chi connectivity index (χ0) is 12.7. The number of fused-ring (bicyclic) bond motifs is 2. The molecule has 1 atom stereocenters. The Morgan fingerprint density at radius 1 is 1.06 bits per heavy atom. The molecule has 0 spiro atoms. The van der Waals surface area contributed by atoms with Gasteiger partial charge < -0.3 is 4.74 Å². The third-order valence-corrected chi connectivity index (χ3v) is 2.95. The molecule has 0 radical (unpaired) electrons. The minimum Gasteiger partial charge on any atom is -0.435 e. The van der Waals surface area contributed by atoms with Gasteiger partial charge in [-0.15, -0.1) is 0 Å². The fourth-order valence-corrected chi connectivity index (χ4v) is 2.06. The Morgan fingerprint density at radius 2 is 1.67 bits per heavy atom. The summed E-state index contributed by atoms with van der Waals surface area (Å²) in [6.07, 6.45) is -1.33. The third-order valence-electron chi connectivity index (χ3n) is 2.95. The van der Waals surface area contributed by atoms with Gasteiger partial charge in [0.2, 0.25) is 11.9 Å². The van der Waals surface area contributed by atoms with Crippen molar-refractivity contribution in [2.45, 2.75) is 6.10 Å². The summed E-state index contributed by atoms with van der Waals surface area (Å²) in [6, 6.07) is 12.3. The smallest absolute Gasteiger partial charge is 0.340 e. The van der Waals surface area contributed by atoms with E-state index in [1.165, 1.54) is 0 Å². The van der Waals surface area contributed by atoms with Crippen LogP contribution in [0.2, 0.25) is 0 Å². The highest BCUT2D eigenvalue weighted by Crippen LogP contribution is 2.26. The van der Waals surface area contributed by atoms with E-state index in [9.17, 15) is 9.59 Å².